The van der Waals surface area contributed by atoms with Crippen molar-refractivity contribution in [2.45, 2.75) is 37.8 Å². The summed E-state index contributed by atoms with van der Waals surface area (Å²) in [4.78, 5) is 29.0. The van der Waals surface area contributed by atoms with Crippen molar-refractivity contribution < 1.29 is 4.74 Å². The van der Waals surface area contributed by atoms with Crippen LogP contribution in [0, 0.1) is 5.92 Å². The lowest BCUT2D eigenvalue weighted by atomic mass is 9.73. The van der Waals surface area contributed by atoms with Gasteiger partial charge in [0.05, 0.1) is 12.6 Å². The van der Waals surface area contributed by atoms with Gasteiger partial charge in [0.15, 0.2) is 0 Å². The fraction of sp³-hybridized carbons (Fsp3) is 0.360. The van der Waals surface area contributed by atoms with Crippen LogP contribution in [-0.2, 0) is 13.0 Å². The van der Waals surface area contributed by atoms with Gasteiger partial charge in [0.2, 0.25) is 0 Å². The van der Waals surface area contributed by atoms with Gasteiger partial charge < -0.3 is 15.0 Å². The quantitative estimate of drug-likeness (QED) is 0.459. The van der Waals surface area contributed by atoms with Gasteiger partial charge in [-0.1, -0.05) is 30.3 Å². The molecule has 33 heavy (non-hydrogen) atoms. The van der Waals surface area contributed by atoms with Gasteiger partial charge in [-0.25, -0.2) is 4.79 Å². The minimum Gasteiger partial charge on any atom is -0.496 e. The van der Waals surface area contributed by atoms with Crippen LogP contribution < -0.4 is 21.3 Å². The Bertz CT molecular complexity index is 1440. The lowest BCUT2D eigenvalue weighted by Gasteiger charge is -2.32. The number of hydrogen-bond acceptors (Lipinski definition) is 5. The van der Waals surface area contributed by atoms with Crippen molar-refractivity contribution in [1.29, 1.82) is 0 Å². The molecule has 3 atom stereocenters. The van der Waals surface area contributed by atoms with E-state index in [2.05, 4.69) is 22.4 Å². The van der Waals surface area contributed by atoms with Gasteiger partial charge in [-0.05, 0) is 49.4 Å². The predicted molar refractivity (Wildman–Crippen MR) is 135 cm³/mol. The number of aromatic amines is 1. The van der Waals surface area contributed by atoms with Gasteiger partial charge in [-0.2, -0.15) is 0 Å². The molecular formula is C25H26ClN3O3S. The first kappa shape index (κ1) is 22.2. The van der Waals surface area contributed by atoms with E-state index in [1.165, 1.54) is 27.0 Å². The number of methoxy groups -OCH3 is 1. The third kappa shape index (κ3) is 3.50. The molecule has 0 spiro atoms. The van der Waals surface area contributed by atoms with E-state index >= 15 is 0 Å². The van der Waals surface area contributed by atoms with Crippen molar-refractivity contribution in [2.24, 2.45) is 5.92 Å². The Hall–Kier alpha value is -2.61. The molecule has 1 aliphatic heterocycles. The van der Waals surface area contributed by atoms with E-state index in [1.807, 2.05) is 30.3 Å². The topological polar surface area (TPSA) is 76.1 Å². The van der Waals surface area contributed by atoms with Crippen LogP contribution in [0.5, 0.6) is 5.75 Å². The molecule has 0 amide bonds. The molecule has 0 radical (unpaired) electrons. The first-order chi connectivity index (χ1) is 15.7. The molecule has 1 aliphatic carbocycles. The van der Waals surface area contributed by atoms with Crippen LogP contribution in [0.25, 0.3) is 20.3 Å². The van der Waals surface area contributed by atoms with E-state index in [0.717, 1.165) is 41.6 Å². The molecule has 172 valence electrons. The van der Waals surface area contributed by atoms with Crippen LogP contribution >= 0.6 is 23.7 Å². The Morgan fingerprint density at radius 2 is 2.00 bits per heavy atom. The number of rotatable bonds is 4. The number of thiophene rings is 1. The fourth-order valence-electron chi connectivity index (χ4n) is 5.77. The number of hydrogen-bond donors (Lipinski definition) is 2. The summed E-state index contributed by atoms with van der Waals surface area (Å²) in [7, 11) is 1.73. The standard InChI is InChI=1S/C25H25N3O3S.ClH/c1-31-18-7-4-5-14-9-10-15-13-26-17(20(15)21(14)18)11-12-28-24(29)23-22(27-25(28)30)16-6-2-3-8-19(16)32-23;/h2-8,15,17,20,26H,9-13H2,1H3,(H,27,30);1H/t15-,17?,20-;/m0./s1. The van der Waals surface area contributed by atoms with Crippen LogP contribution in [0.4, 0.5) is 0 Å². The van der Waals surface area contributed by atoms with E-state index in [-0.39, 0.29) is 29.7 Å². The highest BCUT2D eigenvalue weighted by Crippen LogP contribution is 2.46. The van der Waals surface area contributed by atoms with E-state index in [4.69, 9.17) is 4.74 Å². The van der Waals surface area contributed by atoms with Gasteiger partial charge in [-0.3, -0.25) is 9.36 Å². The molecule has 4 aromatic rings. The van der Waals surface area contributed by atoms with Gasteiger partial charge in [0.1, 0.15) is 10.4 Å². The molecular weight excluding hydrogens is 458 g/mol. The van der Waals surface area contributed by atoms with Crippen LogP contribution in [-0.4, -0.2) is 29.2 Å². The average molecular weight is 484 g/mol. The van der Waals surface area contributed by atoms with E-state index in [9.17, 15) is 9.59 Å². The minimum absolute atomic E-state index is 0. The average Bonchev–Trinajstić information content (AvgIpc) is 3.40. The maximum Gasteiger partial charge on any atom is 0.328 e. The Morgan fingerprint density at radius 1 is 1.15 bits per heavy atom. The first-order valence-electron chi connectivity index (χ1n) is 11.2. The van der Waals surface area contributed by atoms with Crippen molar-refractivity contribution in [1.82, 2.24) is 14.9 Å². The van der Waals surface area contributed by atoms with E-state index in [1.54, 1.807) is 7.11 Å². The SMILES string of the molecule is COc1cccc2c1[C@@H]1C(CCn3c(=O)[nH]c4c(sc5ccccc54)c3=O)NC[C@@H]1CC2.Cl. The summed E-state index contributed by atoms with van der Waals surface area (Å²) in [5.41, 5.74) is 2.80. The number of H-pyrrole nitrogens is 1. The fourth-order valence-corrected chi connectivity index (χ4v) is 6.88. The summed E-state index contributed by atoms with van der Waals surface area (Å²) in [5.74, 6) is 1.86. The third-order valence-electron chi connectivity index (χ3n) is 7.25. The number of ether oxygens (including phenoxy) is 1. The number of aromatic nitrogens is 2. The number of nitrogens with zero attached hydrogens (tertiary/aromatic N) is 1. The smallest absolute Gasteiger partial charge is 0.328 e. The normalized spacial score (nSPS) is 21.5. The maximum absolute atomic E-state index is 13.2. The van der Waals surface area contributed by atoms with Gasteiger partial charge in [0.25, 0.3) is 5.56 Å². The van der Waals surface area contributed by atoms with Crippen LogP contribution in [0.15, 0.2) is 52.1 Å². The first-order valence-corrected chi connectivity index (χ1v) is 12.0. The number of benzene rings is 2. The molecule has 2 aromatic heterocycles. The van der Waals surface area contributed by atoms with Crippen molar-refractivity contribution in [3.05, 3.63) is 74.4 Å². The summed E-state index contributed by atoms with van der Waals surface area (Å²) in [6.07, 6.45) is 2.95. The monoisotopic (exact) mass is 483 g/mol. The zero-order valence-electron chi connectivity index (χ0n) is 18.3. The molecule has 0 saturated carbocycles. The Kier molecular flexibility index (Phi) is 5.80. The zero-order chi connectivity index (χ0) is 21.8. The van der Waals surface area contributed by atoms with Crippen molar-refractivity contribution >= 4 is 44.0 Å². The van der Waals surface area contributed by atoms with Crippen molar-refractivity contribution in [3.63, 3.8) is 0 Å². The number of aryl methyl sites for hydroxylation is 1. The predicted octanol–water partition coefficient (Wildman–Crippen LogP) is 4.04. The van der Waals surface area contributed by atoms with Crippen LogP contribution in [0.2, 0.25) is 0 Å². The third-order valence-corrected chi connectivity index (χ3v) is 8.41. The van der Waals surface area contributed by atoms with Crippen LogP contribution in [0.3, 0.4) is 0 Å². The lowest BCUT2D eigenvalue weighted by Crippen LogP contribution is -2.37. The molecule has 2 N–H and O–H groups in total. The second-order valence-electron chi connectivity index (χ2n) is 8.85. The number of halogens is 1. The summed E-state index contributed by atoms with van der Waals surface area (Å²) in [6.45, 7) is 1.36. The molecule has 8 heteroatoms. The highest BCUT2D eigenvalue weighted by atomic mass is 35.5. The van der Waals surface area contributed by atoms with Crippen LogP contribution in [0.1, 0.15) is 29.9 Å². The van der Waals surface area contributed by atoms with Gasteiger partial charge >= 0.3 is 5.69 Å². The molecule has 1 unspecified atom stereocenters. The second-order valence-corrected chi connectivity index (χ2v) is 9.90. The number of fused-ring (bicyclic) bond motifs is 6. The summed E-state index contributed by atoms with van der Waals surface area (Å²) in [5, 5.41) is 4.61. The molecule has 1 fully saturated rings. The van der Waals surface area contributed by atoms with Gasteiger partial charge in [-0.15, -0.1) is 23.7 Å². The Balaban J connectivity index is 0.00000228. The zero-order valence-corrected chi connectivity index (χ0v) is 19.9. The van der Waals surface area contributed by atoms with Crippen molar-refractivity contribution in [2.75, 3.05) is 13.7 Å². The molecule has 2 aliphatic rings. The highest BCUT2D eigenvalue weighted by molar-refractivity contribution is 7.25. The summed E-state index contributed by atoms with van der Waals surface area (Å²) >= 11 is 1.45. The lowest BCUT2D eigenvalue weighted by molar-refractivity contribution is 0.358. The molecule has 0 bridgehead atoms. The summed E-state index contributed by atoms with van der Waals surface area (Å²) < 4.78 is 8.72. The number of nitrogens with one attached hydrogen (secondary N) is 2. The Morgan fingerprint density at radius 3 is 2.85 bits per heavy atom. The summed E-state index contributed by atoms with van der Waals surface area (Å²) in [6, 6.07) is 14.3. The van der Waals surface area contributed by atoms with Gasteiger partial charge in [0, 0.05) is 34.2 Å². The minimum atomic E-state index is -0.331. The largest absolute Gasteiger partial charge is 0.496 e. The molecule has 6 rings (SSSR count). The van der Waals surface area contributed by atoms with E-state index in [0.29, 0.717) is 28.6 Å². The Labute approximate surface area is 201 Å². The van der Waals surface area contributed by atoms with E-state index < -0.39 is 0 Å². The molecule has 2 aromatic carbocycles. The second kappa shape index (κ2) is 8.63. The van der Waals surface area contributed by atoms with Crippen molar-refractivity contribution in [3.8, 4) is 5.75 Å². The maximum atomic E-state index is 13.2. The highest BCUT2D eigenvalue weighted by Gasteiger charge is 2.41. The molecule has 6 nitrogen and oxygen atoms in total. The molecule has 3 heterocycles. The molecule has 1 saturated heterocycles.